The molecule has 3 heteroatoms. The molecule has 0 fully saturated rings. The third kappa shape index (κ3) is 2.46. The third-order valence-electron chi connectivity index (χ3n) is 4.14. The Kier molecular flexibility index (Phi) is 3.77. The van der Waals surface area contributed by atoms with E-state index in [0.29, 0.717) is 0 Å². The highest BCUT2D eigenvalue weighted by atomic mass is 35.5. The molecule has 104 valence electrons. The molecule has 2 aromatic rings. The first-order valence-corrected chi connectivity index (χ1v) is 7.42. The summed E-state index contributed by atoms with van der Waals surface area (Å²) in [6.45, 7) is 1.96. The molecule has 3 rings (SSSR count). The van der Waals surface area contributed by atoms with Gasteiger partial charge in [0, 0.05) is 22.8 Å². The SMILES string of the molecule is Cc1cc(C(O)C2CCCc3cccnc32)ccc1Cl. The fourth-order valence-electron chi connectivity index (χ4n) is 3.04. The third-order valence-corrected chi connectivity index (χ3v) is 4.57. The summed E-state index contributed by atoms with van der Waals surface area (Å²) in [5.41, 5.74) is 4.25. The van der Waals surface area contributed by atoms with Gasteiger partial charge in [0.15, 0.2) is 0 Å². The van der Waals surface area contributed by atoms with Crippen molar-refractivity contribution in [2.75, 3.05) is 0 Å². The van der Waals surface area contributed by atoms with Crippen molar-refractivity contribution < 1.29 is 5.11 Å². The van der Waals surface area contributed by atoms with Crippen LogP contribution in [-0.4, -0.2) is 10.1 Å². The van der Waals surface area contributed by atoms with Gasteiger partial charge in [0.25, 0.3) is 0 Å². The number of aromatic nitrogens is 1. The van der Waals surface area contributed by atoms with Crippen molar-refractivity contribution in [2.24, 2.45) is 0 Å². The van der Waals surface area contributed by atoms with Gasteiger partial charge in [-0.1, -0.05) is 29.8 Å². The second-order valence-corrected chi connectivity index (χ2v) is 5.91. The van der Waals surface area contributed by atoms with E-state index in [4.69, 9.17) is 11.6 Å². The maximum atomic E-state index is 10.7. The molecular weight excluding hydrogens is 270 g/mol. The summed E-state index contributed by atoms with van der Waals surface area (Å²) in [5, 5.41) is 11.5. The quantitative estimate of drug-likeness (QED) is 0.898. The van der Waals surface area contributed by atoms with Crippen molar-refractivity contribution in [3.8, 4) is 0 Å². The number of hydrogen-bond acceptors (Lipinski definition) is 2. The highest BCUT2D eigenvalue weighted by Crippen LogP contribution is 2.39. The lowest BCUT2D eigenvalue weighted by molar-refractivity contribution is 0.134. The van der Waals surface area contributed by atoms with E-state index in [9.17, 15) is 5.11 Å². The first-order chi connectivity index (χ1) is 9.66. The highest BCUT2D eigenvalue weighted by molar-refractivity contribution is 6.31. The van der Waals surface area contributed by atoms with Crippen LogP contribution in [0.1, 0.15) is 47.2 Å². The number of hydrogen-bond donors (Lipinski definition) is 1. The van der Waals surface area contributed by atoms with Gasteiger partial charge in [-0.15, -0.1) is 0 Å². The van der Waals surface area contributed by atoms with Crippen LogP contribution in [0, 0.1) is 6.92 Å². The minimum absolute atomic E-state index is 0.0838. The Balaban J connectivity index is 1.95. The van der Waals surface area contributed by atoms with Crippen LogP contribution >= 0.6 is 11.6 Å². The number of rotatable bonds is 2. The predicted octanol–water partition coefficient (Wildman–Crippen LogP) is 4.20. The Labute approximate surface area is 124 Å². The molecule has 0 saturated heterocycles. The summed E-state index contributed by atoms with van der Waals surface area (Å²) >= 11 is 6.06. The summed E-state index contributed by atoms with van der Waals surface area (Å²) in [4.78, 5) is 4.50. The van der Waals surface area contributed by atoms with Crippen LogP contribution in [-0.2, 0) is 6.42 Å². The molecule has 1 aliphatic rings. The molecule has 2 atom stereocenters. The number of halogens is 1. The van der Waals surface area contributed by atoms with E-state index in [1.165, 1.54) is 5.56 Å². The summed E-state index contributed by atoms with van der Waals surface area (Å²) in [5.74, 6) is 0.0838. The fourth-order valence-corrected chi connectivity index (χ4v) is 3.15. The van der Waals surface area contributed by atoms with Gasteiger partial charge in [-0.3, -0.25) is 4.98 Å². The Bertz CT molecular complexity index is 626. The molecular formula is C17H18ClNO. The molecule has 1 N–H and O–H groups in total. The first kappa shape index (κ1) is 13.6. The zero-order chi connectivity index (χ0) is 14.1. The van der Waals surface area contributed by atoms with Crippen LogP contribution in [0.4, 0.5) is 0 Å². The standard InChI is InChI=1S/C17H18ClNO/c1-11-10-13(7-8-15(11)18)17(20)14-6-2-4-12-5-3-9-19-16(12)14/h3,5,7-10,14,17,20H,2,4,6H2,1H3. The van der Waals surface area contributed by atoms with Crippen LogP contribution in [0.15, 0.2) is 36.5 Å². The zero-order valence-corrected chi connectivity index (χ0v) is 12.3. The van der Waals surface area contributed by atoms with Gasteiger partial charge in [0.1, 0.15) is 0 Å². The molecule has 0 bridgehead atoms. The average Bonchev–Trinajstić information content (AvgIpc) is 2.49. The van der Waals surface area contributed by atoms with Gasteiger partial charge in [-0.2, -0.15) is 0 Å². The van der Waals surface area contributed by atoms with Gasteiger partial charge in [0.05, 0.1) is 6.10 Å². The topological polar surface area (TPSA) is 33.1 Å². The van der Waals surface area contributed by atoms with Gasteiger partial charge in [-0.05, 0) is 55.0 Å². The Morgan fingerprint density at radius 2 is 2.20 bits per heavy atom. The largest absolute Gasteiger partial charge is 0.388 e. The number of pyridine rings is 1. The monoisotopic (exact) mass is 287 g/mol. The number of benzene rings is 1. The minimum Gasteiger partial charge on any atom is -0.388 e. The maximum absolute atomic E-state index is 10.7. The first-order valence-electron chi connectivity index (χ1n) is 7.04. The Hall–Kier alpha value is -1.38. The van der Waals surface area contributed by atoms with Gasteiger partial charge in [-0.25, -0.2) is 0 Å². The predicted molar refractivity (Wildman–Crippen MR) is 81.1 cm³/mol. The Morgan fingerprint density at radius 1 is 1.35 bits per heavy atom. The number of nitrogens with zero attached hydrogens (tertiary/aromatic N) is 1. The lowest BCUT2D eigenvalue weighted by Gasteiger charge is -2.28. The molecule has 1 heterocycles. The molecule has 0 saturated carbocycles. The van der Waals surface area contributed by atoms with Gasteiger partial charge >= 0.3 is 0 Å². The van der Waals surface area contributed by atoms with Gasteiger partial charge in [0.2, 0.25) is 0 Å². The number of aliphatic hydroxyl groups excluding tert-OH is 1. The summed E-state index contributed by atoms with van der Waals surface area (Å²) in [6.07, 6.45) is 4.45. The summed E-state index contributed by atoms with van der Waals surface area (Å²) in [6, 6.07) is 9.84. The summed E-state index contributed by atoms with van der Waals surface area (Å²) < 4.78 is 0. The molecule has 1 aromatic heterocycles. The van der Waals surface area contributed by atoms with Gasteiger partial charge < -0.3 is 5.11 Å². The molecule has 2 nitrogen and oxygen atoms in total. The van der Waals surface area contributed by atoms with Crippen molar-refractivity contribution in [1.82, 2.24) is 4.98 Å². The molecule has 20 heavy (non-hydrogen) atoms. The Morgan fingerprint density at radius 3 is 3.00 bits per heavy atom. The fraction of sp³-hybridized carbons (Fsp3) is 0.353. The zero-order valence-electron chi connectivity index (χ0n) is 11.5. The van der Waals surface area contributed by atoms with E-state index in [1.807, 2.05) is 37.4 Å². The van der Waals surface area contributed by atoms with Crippen molar-refractivity contribution in [3.05, 3.63) is 63.9 Å². The lowest BCUT2D eigenvalue weighted by Crippen LogP contribution is -2.18. The van der Waals surface area contributed by atoms with E-state index < -0.39 is 6.10 Å². The van der Waals surface area contributed by atoms with Crippen LogP contribution in [0.2, 0.25) is 5.02 Å². The molecule has 0 spiro atoms. The van der Waals surface area contributed by atoms with Crippen molar-refractivity contribution in [2.45, 2.75) is 38.2 Å². The number of fused-ring (bicyclic) bond motifs is 1. The van der Waals surface area contributed by atoms with E-state index >= 15 is 0 Å². The lowest BCUT2D eigenvalue weighted by atomic mass is 9.81. The number of aliphatic hydroxyl groups is 1. The second kappa shape index (κ2) is 5.55. The van der Waals surface area contributed by atoms with E-state index in [0.717, 1.165) is 41.1 Å². The average molecular weight is 288 g/mol. The summed E-state index contributed by atoms with van der Waals surface area (Å²) in [7, 11) is 0. The molecule has 1 aliphatic carbocycles. The van der Waals surface area contributed by atoms with Crippen LogP contribution in [0.5, 0.6) is 0 Å². The van der Waals surface area contributed by atoms with E-state index in [-0.39, 0.29) is 5.92 Å². The van der Waals surface area contributed by atoms with E-state index in [2.05, 4.69) is 11.1 Å². The normalized spacial score (nSPS) is 19.4. The van der Waals surface area contributed by atoms with Crippen molar-refractivity contribution in [3.63, 3.8) is 0 Å². The molecule has 1 aromatic carbocycles. The maximum Gasteiger partial charge on any atom is 0.0873 e. The molecule has 0 radical (unpaired) electrons. The molecule has 2 unspecified atom stereocenters. The minimum atomic E-state index is -0.514. The smallest absolute Gasteiger partial charge is 0.0873 e. The van der Waals surface area contributed by atoms with Crippen LogP contribution < -0.4 is 0 Å². The van der Waals surface area contributed by atoms with Crippen LogP contribution in [0.25, 0.3) is 0 Å². The molecule has 0 amide bonds. The van der Waals surface area contributed by atoms with Crippen molar-refractivity contribution in [1.29, 1.82) is 0 Å². The molecule has 0 aliphatic heterocycles. The highest BCUT2D eigenvalue weighted by Gasteiger charge is 2.28. The number of aryl methyl sites for hydroxylation is 2. The van der Waals surface area contributed by atoms with Crippen molar-refractivity contribution >= 4 is 11.6 Å². The van der Waals surface area contributed by atoms with E-state index in [1.54, 1.807) is 0 Å². The van der Waals surface area contributed by atoms with Crippen LogP contribution in [0.3, 0.4) is 0 Å². The second-order valence-electron chi connectivity index (χ2n) is 5.50.